The Morgan fingerprint density at radius 2 is 1.26 bits per heavy atom. The highest BCUT2D eigenvalue weighted by molar-refractivity contribution is 7.33. The highest BCUT2D eigenvalue weighted by atomic mass is 31.1. The van der Waals surface area contributed by atoms with E-state index < -0.39 is 8.25 Å². The van der Waals surface area contributed by atoms with Crippen molar-refractivity contribution in [2.24, 2.45) is 0 Å². The predicted octanol–water partition coefficient (Wildman–Crippen LogP) is 2.26. The molecule has 0 amide bonds. The lowest BCUT2D eigenvalue weighted by atomic mass is 10.3. The highest BCUT2D eigenvalue weighted by Crippen LogP contribution is 2.23. The lowest BCUT2D eigenvalue weighted by Gasteiger charge is -2.34. The summed E-state index contributed by atoms with van der Waals surface area (Å²) in [5, 5.41) is 0. The van der Waals surface area contributed by atoms with E-state index in [2.05, 4.69) is 41.9 Å². The van der Waals surface area contributed by atoms with Gasteiger partial charge in [0.1, 0.15) is 13.1 Å². The monoisotopic (exact) mass is 295 g/mol. The molecule has 0 heterocycles. The highest BCUT2D eigenvalue weighted by Gasteiger charge is 2.26. The van der Waals surface area contributed by atoms with Crippen molar-refractivity contribution in [3.8, 4) is 0 Å². The molecule has 6 heteroatoms. The van der Waals surface area contributed by atoms with Gasteiger partial charge in [-0.1, -0.05) is 0 Å². The van der Waals surface area contributed by atoms with Gasteiger partial charge in [-0.25, -0.2) is 0 Å². The lowest BCUT2D eigenvalue weighted by Crippen LogP contribution is -2.49. The fraction of sp³-hybridized carbons (Fsp3) is 1.00. The molecule has 0 aliphatic rings. The maximum absolute atomic E-state index is 11.6. The molecule has 114 valence electrons. The second-order valence-electron chi connectivity index (χ2n) is 5.92. The molecule has 0 bridgehead atoms. The van der Waals surface area contributed by atoms with E-state index >= 15 is 0 Å². The van der Waals surface area contributed by atoms with Gasteiger partial charge >= 0.3 is 8.25 Å². The Bertz CT molecular complexity index is 255. The van der Waals surface area contributed by atoms with E-state index in [4.69, 9.17) is 9.05 Å². The van der Waals surface area contributed by atoms with Crippen LogP contribution in [0.5, 0.6) is 0 Å². The van der Waals surface area contributed by atoms with Crippen molar-refractivity contribution >= 4 is 8.25 Å². The van der Waals surface area contributed by atoms with Gasteiger partial charge in [0.15, 0.2) is 13.2 Å². The largest absolute Gasteiger partial charge is 0.697 e. The van der Waals surface area contributed by atoms with Gasteiger partial charge in [-0.05, 0) is 20.8 Å². The summed E-state index contributed by atoms with van der Waals surface area (Å²) in [6, 6.07) is 0. The molecule has 1 unspecified atom stereocenters. The van der Waals surface area contributed by atoms with E-state index in [0.29, 0.717) is 13.2 Å². The van der Waals surface area contributed by atoms with Gasteiger partial charge in [-0.15, -0.1) is 9.05 Å². The van der Waals surface area contributed by atoms with Crippen molar-refractivity contribution in [2.45, 2.75) is 20.8 Å². The minimum Gasteiger partial charge on any atom is -0.329 e. The van der Waals surface area contributed by atoms with Gasteiger partial charge in [0.25, 0.3) is 0 Å². The average molecular weight is 295 g/mol. The second kappa shape index (κ2) is 8.98. The SMILES string of the molecule is CC[N+](CC)(CC)CCO[P+](=O)OCC[N+](C)(C)C. The number of hydrogen-bond acceptors (Lipinski definition) is 3. The number of rotatable bonds is 11. The summed E-state index contributed by atoms with van der Waals surface area (Å²) in [5.41, 5.74) is 0. The second-order valence-corrected chi connectivity index (χ2v) is 6.88. The fourth-order valence-corrected chi connectivity index (χ4v) is 2.42. The molecule has 0 aromatic rings. The summed E-state index contributed by atoms with van der Waals surface area (Å²) < 4.78 is 23.8. The van der Waals surface area contributed by atoms with Crippen molar-refractivity contribution in [2.75, 3.05) is 67.1 Å². The van der Waals surface area contributed by atoms with Crippen molar-refractivity contribution in [1.82, 2.24) is 0 Å². The third-order valence-corrected chi connectivity index (χ3v) is 4.52. The molecule has 0 aromatic heterocycles. The van der Waals surface area contributed by atoms with Crippen molar-refractivity contribution in [3.05, 3.63) is 0 Å². The Kier molecular flexibility index (Phi) is 8.95. The van der Waals surface area contributed by atoms with E-state index in [1.54, 1.807) is 0 Å². The van der Waals surface area contributed by atoms with Gasteiger partial charge < -0.3 is 8.97 Å². The van der Waals surface area contributed by atoms with Crippen molar-refractivity contribution in [3.63, 3.8) is 0 Å². The summed E-state index contributed by atoms with van der Waals surface area (Å²) >= 11 is 0. The van der Waals surface area contributed by atoms with Crippen molar-refractivity contribution in [1.29, 1.82) is 0 Å². The Morgan fingerprint density at radius 3 is 1.63 bits per heavy atom. The normalized spacial score (nSPS) is 13.7. The maximum atomic E-state index is 11.6. The summed E-state index contributed by atoms with van der Waals surface area (Å²) in [6.45, 7) is 12.5. The van der Waals surface area contributed by atoms with Gasteiger partial charge in [0.05, 0.1) is 40.8 Å². The van der Waals surface area contributed by atoms with E-state index in [1.165, 1.54) is 0 Å². The maximum Gasteiger partial charge on any atom is 0.697 e. The van der Waals surface area contributed by atoms with E-state index in [0.717, 1.165) is 41.7 Å². The van der Waals surface area contributed by atoms with Crippen LogP contribution in [0.3, 0.4) is 0 Å². The Balaban J connectivity index is 3.85. The van der Waals surface area contributed by atoms with Crippen LogP contribution < -0.4 is 0 Å². The molecule has 0 N–H and O–H groups in total. The van der Waals surface area contributed by atoms with Crippen LogP contribution in [-0.4, -0.2) is 76.0 Å². The first-order valence-electron chi connectivity index (χ1n) is 7.17. The number of quaternary nitrogens is 2. The fourth-order valence-electron chi connectivity index (χ4n) is 1.88. The van der Waals surface area contributed by atoms with Crippen LogP contribution >= 0.6 is 8.25 Å². The van der Waals surface area contributed by atoms with Crippen LogP contribution in [-0.2, 0) is 13.6 Å². The molecular weight excluding hydrogens is 263 g/mol. The molecule has 0 rings (SSSR count). The zero-order valence-corrected chi connectivity index (χ0v) is 14.4. The van der Waals surface area contributed by atoms with E-state index in [1.807, 2.05) is 0 Å². The van der Waals surface area contributed by atoms with Gasteiger partial charge in [-0.2, -0.15) is 0 Å². The number of hydrogen-bond donors (Lipinski definition) is 0. The average Bonchev–Trinajstić information content (AvgIpc) is 2.34. The molecule has 0 aliphatic carbocycles. The van der Waals surface area contributed by atoms with Crippen LogP contribution in [0.4, 0.5) is 0 Å². The molecule has 0 aromatic carbocycles. The summed E-state index contributed by atoms with van der Waals surface area (Å²) in [6.07, 6.45) is 0. The van der Waals surface area contributed by atoms with Gasteiger partial charge in [-0.3, -0.25) is 0 Å². The first-order valence-corrected chi connectivity index (χ1v) is 8.26. The molecular formula is C13H32N2O3P+3. The Labute approximate surface area is 119 Å². The first kappa shape index (κ1) is 18.9. The molecule has 5 nitrogen and oxygen atoms in total. The van der Waals surface area contributed by atoms with Crippen LogP contribution in [0.15, 0.2) is 0 Å². The molecule has 0 spiro atoms. The third-order valence-electron chi connectivity index (χ3n) is 3.73. The predicted molar refractivity (Wildman–Crippen MR) is 79.2 cm³/mol. The molecule has 0 fully saturated rings. The molecule has 0 saturated carbocycles. The summed E-state index contributed by atoms with van der Waals surface area (Å²) in [4.78, 5) is 0. The van der Waals surface area contributed by atoms with Gasteiger partial charge in [0, 0.05) is 4.57 Å². The molecule has 0 aliphatic heterocycles. The first-order chi connectivity index (χ1) is 8.78. The Hall–Kier alpha value is -0.0600. The summed E-state index contributed by atoms with van der Waals surface area (Å²) in [5.74, 6) is 0. The topological polar surface area (TPSA) is 35.5 Å². The van der Waals surface area contributed by atoms with Crippen LogP contribution in [0, 0.1) is 0 Å². The zero-order chi connectivity index (χ0) is 14.9. The van der Waals surface area contributed by atoms with Crippen LogP contribution in [0.25, 0.3) is 0 Å². The smallest absolute Gasteiger partial charge is 0.329 e. The third kappa shape index (κ3) is 8.66. The number of nitrogens with zero attached hydrogens (tertiary/aromatic N) is 2. The molecule has 0 saturated heterocycles. The standard InChI is InChI=1S/C13H32N2O3P/c1-7-15(8-2,9-3)11-13-18-19(16)17-12-10-14(4,5)6/h7-13H2,1-6H3/q+3. The minimum atomic E-state index is -1.97. The number of likely N-dealkylation sites (N-methyl/N-ethyl adjacent to an activating group) is 2. The van der Waals surface area contributed by atoms with E-state index in [-0.39, 0.29) is 0 Å². The molecule has 19 heavy (non-hydrogen) atoms. The van der Waals surface area contributed by atoms with Crippen LogP contribution in [0.2, 0.25) is 0 Å². The zero-order valence-electron chi connectivity index (χ0n) is 13.5. The van der Waals surface area contributed by atoms with Crippen LogP contribution in [0.1, 0.15) is 20.8 Å². The van der Waals surface area contributed by atoms with Crippen molar-refractivity contribution < 1.29 is 22.6 Å². The van der Waals surface area contributed by atoms with Gasteiger partial charge in [0.2, 0.25) is 0 Å². The minimum absolute atomic E-state index is 0.466. The molecule has 1 atom stereocenters. The quantitative estimate of drug-likeness (QED) is 0.433. The Morgan fingerprint density at radius 1 is 0.842 bits per heavy atom. The molecule has 0 radical (unpaired) electrons. The summed E-state index contributed by atoms with van der Waals surface area (Å²) in [7, 11) is 4.26. The lowest BCUT2D eigenvalue weighted by molar-refractivity contribution is -0.923. The van der Waals surface area contributed by atoms with E-state index in [9.17, 15) is 4.57 Å².